The largest absolute Gasteiger partial charge is 0.379 e. The minimum atomic E-state index is -1.27. The molecule has 1 aliphatic heterocycles. The van der Waals surface area contributed by atoms with Gasteiger partial charge in [0, 0.05) is 66.4 Å². The van der Waals surface area contributed by atoms with E-state index in [9.17, 15) is 4.79 Å². The number of aromatic nitrogens is 4. The van der Waals surface area contributed by atoms with Crippen molar-refractivity contribution in [2.75, 3.05) is 51.5 Å². The van der Waals surface area contributed by atoms with E-state index in [1.807, 2.05) is 14.0 Å². The molecule has 1 amide bonds. The summed E-state index contributed by atoms with van der Waals surface area (Å²) in [4.78, 5) is 23.1. The van der Waals surface area contributed by atoms with Crippen molar-refractivity contribution in [3.63, 3.8) is 0 Å². The summed E-state index contributed by atoms with van der Waals surface area (Å²) in [6.07, 6.45) is 3.32. The Kier molecular flexibility index (Phi) is 10.4. The fraction of sp³-hybridized carbons (Fsp3) is 0.703. The number of aryl methyl sites for hydroxylation is 1. The summed E-state index contributed by atoms with van der Waals surface area (Å²) in [6, 6.07) is 6.21. The van der Waals surface area contributed by atoms with Crippen LogP contribution in [0.2, 0.25) is 51.4 Å². The molecule has 1 saturated carbocycles. The average Bonchev–Trinajstić information content (AvgIpc) is 3.39. The van der Waals surface area contributed by atoms with Crippen LogP contribution in [0.1, 0.15) is 37.1 Å². The van der Waals surface area contributed by atoms with Crippen molar-refractivity contribution in [1.29, 1.82) is 0 Å². The van der Waals surface area contributed by atoms with E-state index in [2.05, 4.69) is 79.4 Å². The van der Waals surface area contributed by atoms with Gasteiger partial charge in [0.1, 0.15) is 19.2 Å². The summed E-state index contributed by atoms with van der Waals surface area (Å²) < 4.78 is 22.6. The fourth-order valence-corrected chi connectivity index (χ4v) is 8.89. The lowest BCUT2D eigenvalue weighted by Crippen LogP contribution is -2.50. The zero-order valence-electron chi connectivity index (χ0n) is 31.8. The van der Waals surface area contributed by atoms with Crippen LogP contribution in [0.25, 0.3) is 22.6 Å². The number of benzene rings is 1. The first-order valence-corrected chi connectivity index (χ1v) is 25.8. The molecule has 0 radical (unpaired) electrons. The van der Waals surface area contributed by atoms with E-state index in [1.54, 1.807) is 4.90 Å². The van der Waals surface area contributed by atoms with Crippen molar-refractivity contribution in [3.05, 3.63) is 29.0 Å². The van der Waals surface area contributed by atoms with Gasteiger partial charge in [-0.15, -0.1) is 0 Å². The molecule has 2 fully saturated rings. The van der Waals surface area contributed by atoms with Gasteiger partial charge in [0.05, 0.1) is 30.3 Å². The van der Waals surface area contributed by atoms with Crippen LogP contribution in [-0.4, -0.2) is 98.9 Å². The number of carbonyl (C=O) groups excluding carboxylic acids is 1. The number of hydrogen-bond donors (Lipinski definition) is 0. The maximum atomic E-state index is 13.8. The Labute approximate surface area is 295 Å². The van der Waals surface area contributed by atoms with Crippen LogP contribution in [0.3, 0.4) is 0 Å². The van der Waals surface area contributed by atoms with Crippen LogP contribution in [0.4, 0.5) is 5.69 Å². The third-order valence-corrected chi connectivity index (χ3v) is 14.5. The molecule has 10 nitrogen and oxygen atoms in total. The van der Waals surface area contributed by atoms with Crippen molar-refractivity contribution in [1.82, 2.24) is 24.2 Å². The molecule has 6 rings (SSSR count). The topological polar surface area (TPSA) is 86.9 Å². The van der Waals surface area contributed by atoms with Crippen LogP contribution in [0, 0.1) is 18.3 Å². The predicted molar refractivity (Wildman–Crippen MR) is 203 cm³/mol. The smallest absolute Gasteiger partial charge is 0.243 e. The number of amides is 1. The van der Waals surface area contributed by atoms with Crippen molar-refractivity contribution < 1.29 is 19.0 Å². The lowest BCUT2D eigenvalue weighted by Gasteiger charge is -2.33. The summed E-state index contributed by atoms with van der Waals surface area (Å²) in [5.41, 5.74) is 7.73. The second-order valence-corrected chi connectivity index (χ2v) is 28.9. The number of likely N-dealkylation sites (N-methyl/N-ethyl adjacent to an activating group) is 1. The molecule has 49 heavy (non-hydrogen) atoms. The van der Waals surface area contributed by atoms with Crippen LogP contribution in [-0.2, 0) is 45.3 Å². The molecule has 1 aromatic carbocycles. The Bertz CT molecular complexity index is 1670. The first-order chi connectivity index (χ1) is 23.0. The van der Waals surface area contributed by atoms with E-state index >= 15 is 0 Å². The molecule has 1 saturated heterocycles. The molecule has 3 aliphatic rings. The lowest BCUT2D eigenvalue weighted by molar-refractivity contribution is -0.124. The van der Waals surface area contributed by atoms with Gasteiger partial charge < -0.3 is 19.1 Å². The Balaban J connectivity index is 1.37. The number of rotatable bonds is 14. The Morgan fingerprint density at radius 1 is 1.06 bits per heavy atom. The van der Waals surface area contributed by atoms with Crippen LogP contribution in [0.15, 0.2) is 12.1 Å². The summed E-state index contributed by atoms with van der Waals surface area (Å²) in [5.74, 6) is 1.62. The maximum Gasteiger partial charge on any atom is 0.243 e. The van der Waals surface area contributed by atoms with Gasteiger partial charge in [-0.25, -0.2) is 9.67 Å². The number of ether oxygens (including phenoxy) is 3. The molecule has 3 atom stereocenters. The van der Waals surface area contributed by atoms with E-state index in [4.69, 9.17) is 24.3 Å². The van der Waals surface area contributed by atoms with Gasteiger partial charge in [0.25, 0.3) is 0 Å². The predicted octanol–water partition coefficient (Wildman–Crippen LogP) is 6.64. The highest BCUT2D eigenvalue weighted by atomic mass is 28.3. The average molecular weight is 709 g/mol. The van der Waals surface area contributed by atoms with Gasteiger partial charge in [-0.3, -0.25) is 14.3 Å². The molecule has 270 valence electrons. The summed E-state index contributed by atoms with van der Waals surface area (Å²) in [6.45, 7) is 26.0. The van der Waals surface area contributed by atoms with Crippen molar-refractivity contribution in [2.24, 2.45) is 11.3 Å². The molecule has 2 aliphatic carbocycles. The first kappa shape index (κ1) is 36.4. The van der Waals surface area contributed by atoms with E-state index in [0.717, 1.165) is 78.4 Å². The minimum Gasteiger partial charge on any atom is -0.379 e. The maximum absolute atomic E-state index is 13.8. The minimum absolute atomic E-state index is 0.0766. The summed E-state index contributed by atoms with van der Waals surface area (Å²) in [7, 11) is -0.576. The molecule has 12 heteroatoms. The standard InChI is InChI=1S/C37H60N6O4Si2/c1-26-19-29(40(4)36(44)27(2)41-11-13-45-14-12-41)21-31-33(26)38-35(42(31)24-46-15-17-48(5,6)7)34-30-20-28-22-37(28,3)23-32(30)43(39-34)25-47-16-18-49(8,9)10/h19,21,27-28H,11-18,20,22-25H2,1-10H3/t27?,28-,37-/m1/s1. The molecule has 0 bridgehead atoms. The van der Waals surface area contributed by atoms with Gasteiger partial charge in [0.2, 0.25) is 5.91 Å². The second kappa shape index (κ2) is 14.0. The molecule has 0 spiro atoms. The fourth-order valence-electron chi connectivity index (χ4n) is 7.37. The Morgan fingerprint density at radius 3 is 2.37 bits per heavy atom. The quantitative estimate of drug-likeness (QED) is 0.137. The number of fused-ring (bicyclic) bond motifs is 3. The third kappa shape index (κ3) is 8.09. The van der Waals surface area contributed by atoms with E-state index in [1.165, 1.54) is 17.7 Å². The van der Waals surface area contributed by atoms with Crippen molar-refractivity contribution >= 4 is 38.8 Å². The van der Waals surface area contributed by atoms with Gasteiger partial charge in [-0.05, 0) is 74.2 Å². The summed E-state index contributed by atoms with van der Waals surface area (Å²) in [5, 5.41) is 5.29. The highest BCUT2D eigenvalue weighted by Crippen LogP contribution is 2.60. The molecular weight excluding hydrogens is 649 g/mol. The highest BCUT2D eigenvalue weighted by Gasteiger charge is 2.54. The van der Waals surface area contributed by atoms with E-state index < -0.39 is 16.1 Å². The van der Waals surface area contributed by atoms with Gasteiger partial charge >= 0.3 is 0 Å². The van der Waals surface area contributed by atoms with Crippen LogP contribution >= 0.6 is 0 Å². The van der Waals surface area contributed by atoms with Gasteiger partial charge in [-0.2, -0.15) is 5.10 Å². The van der Waals surface area contributed by atoms with Crippen LogP contribution in [0.5, 0.6) is 0 Å². The molecule has 1 unspecified atom stereocenters. The molecule has 0 N–H and O–H groups in total. The number of nitrogens with zero attached hydrogens (tertiary/aromatic N) is 6. The number of anilines is 1. The second-order valence-electron chi connectivity index (χ2n) is 17.6. The van der Waals surface area contributed by atoms with Gasteiger partial charge in [-0.1, -0.05) is 46.2 Å². The lowest BCUT2D eigenvalue weighted by atomic mass is 9.87. The molecule has 3 aromatic rings. The molecule has 3 heterocycles. The SMILES string of the molecule is Cc1cc(N(C)C(=O)C(C)N2CCOCC2)cc2c1nc(-c1nn(COCC[Si](C)(C)C)c3c1C[C@@H]1C[C@]1(C)C3)n2COCC[Si](C)(C)C. The monoisotopic (exact) mass is 708 g/mol. The van der Waals surface area contributed by atoms with Crippen molar-refractivity contribution in [3.8, 4) is 11.5 Å². The number of carbonyl (C=O) groups is 1. The van der Waals surface area contributed by atoms with Crippen LogP contribution < -0.4 is 4.90 Å². The zero-order chi connectivity index (χ0) is 35.3. The Morgan fingerprint density at radius 2 is 1.71 bits per heavy atom. The van der Waals surface area contributed by atoms with Gasteiger partial charge in [0.15, 0.2) is 5.82 Å². The normalized spacial score (nSPS) is 21.9. The Hall–Kier alpha value is -2.36. The first-order valence-electron chi connectivity index (χ1n) is 18.4. The molecular formula is C37H60N6O4Si2. The summed E-state index contributed by atoms with van der Waals surface area (Å²) >= 11 is 0. The number of morpholine rings is 1. The number of imidazole rings is 1. The van der Waals surface area contributed by atoms with E-state index in [0.29, 0.717) is 44.6 Å². The zero-order valence-corrected chi connectivity index (χ0v) is 33.8. The molecule has 2 aromatic heterocycles. The highest BCUT2D eigenvalue weighted by molar-refractivity contribution is 6.76. The third-order valence-electron chi connectivity index (χ3n) is 11.1. The van der Waals surface area contributed by atoms with Crippen molar-refractivity contribution in [2.45, 2.75) is 111 Å². The number of hydrogen-bond acceptors (Lipinski definition) is 7. The van der Waals surface area contributed by atoms with E-state index in [-0.39, 0.29) is 11.9 Å².